The standard InChI is InChI=1S/CH3O2S.K/c1-4(2)3;/h1H3;/q-1;+1. The summed E-state index contributed by atoms with van der Waals surface area (Å²) in [5.74, 6) is 0. The van der Waals surface area contributed by atoms with Gasteiger partial charge in [-0.2, -0.15) is 0 Å². The average molecular weight is 118 g/mol. The van der Waals surface area contributed by atoms with E-state index >= 15 is 0 Å². The first-order valence-corrected chi connectivity index (χ1v) is 2.22. The quantitative estimate of drug-likeness (QED) is 0.250. The summed E-state index contributed by atoms with van der Waals surface area (Å²) < 4.78 is 18.0. The normalized spacial score (nSPS) is 6.80. The molecule has 0 aromatic carbocycles. The van der Waals surface area contributed by atoms with Crippen LogP contribution in [0.15, 0.2) is 0 Å². The smallest absolute Gasteiger partial charge is 0.424 e. The van der Waals surface area contributed by atoms with Gasteiger partial charge >= 0.3 is 51.4 Å². The van der Waals surface area contributed by atoms with E-state index in [0.717, 1.165) is 6.26 Å². The van der Waals surface area contributed by atoms with Crippen LogP contribution in [0.1, 0.15) is 0 Å². The molecule has 0 aliphatic carbocycles. The predicted molar refractivity (Wildman–Crippen MR) is 14.7 cm³/mol. The van der Waals surface area contributed by atoms with Crippen LogP contribution in [0.4, 0.5) is 0 Å². The molecular formula is CH3KO2S. The molecule has 5 heavy (non-hydrogen) atoms. The van der Waals surface area contributed by atoms with Gasteiger partial charge in [0.05, 0.1) is 0 Å². The molecule has 0 aromatic heterocycles. The SMILES string of the molecule is C[S-](=O)=O.[K+]. The van der Waals surface area contributed by atoms with Crippen LogP contribution >= 0.6 is 0 Å². The molecule has 0 rings (SSSR count). The van der Waals surface area contributed by atoms with Crippen molar-refractivity contribution >= 4 is 10.7 Å². The molecule has 4 heteroatoms. The Labute approximate surface area is 75.3 Å². The van der Waals surface area contributed by atoms with Crippen LogP contribution in [-0.4, -0.2) is 6.26 Å². The van der Waals surface area contributed by atoms with Gasteiger partial charge in [-0.3, -0.25) is 0 Å². The minimum Gasteiger partial charge on any atom is -0.424 e. The van der Waals surface area contributed by atoms with E-state index in [2.05, 4.69) is 0 Å². The van der Waals surface area contributed by atoms with E-state index in [1.807, 2.05) is 0 Å². The van der Waals surface area contributed by atoms with Crippen LogP contribution in [0.2, 0.25) is 0 Å². The fourth-order valence-electron chi connectivity index (χ4n) is 0. The summed E-state index contributed by atoms with van der Waals surface area (Å²) in [4.78, 5) is 0. The first-order valence-electron chi connectivity index (χ1n) is 0.742. The van der Waals surface area contributed by atoms with E-state index in [4.69, 9.17) is 8.42 Å². The Morgan fingerprint density at radius 2 is 1.40 bits per heavy atom. The Bertz CT molecular complexity index is 58.0. The molecule has 0 fully saturated rings. The first kappa shape index (κ1) is 9.77. The van der Waals surface area contributed by atoms with Crippen molar-refractivity contribution in [3.8, 4) is 0 Å². The molecular weight excluding hydrogens is 115 g/mol. The summed E-state index contributed by atoms with van der Waals surface area (Å²) in [6.07, 6.45) is 1.08. The molecule has 0 radical (unpaired) electrons. The van der Waals surface area contributed by atoms with Crippen molar-refractivity contribution in [3.05, 3.63) is 0 Å². The Hall–Kier alpha value is 1.59. The van der Waals surface area contributed by atoms with Crippen LogP contribution in [0.3, 0.4) is 0 Å². The summed E-state index contributed by atoms with van der Waals surface area (Å²) in [5, 5.41) is 0. The topological polar surface area (TPSA) is 34.1 Å². The summed E-state index contributed by atoms with van der Waals surface area (Å²) in [5.41, 5.74) is 0. The maximum absolute atomic E-state index is 9.00. The zero-order valence-electron chi connectivity index (χ0n) is 3.22. The molecule has 0 saturated carbocycles. The molecule has 0 saturated heterocycles. The maximum atomic E-state index is 9.00. The van der Waals surface area contributed by atoms with Gasteiger partial charge in [-0.1, -0.05) is 17.0 Å². The summed E-state index contributed by atoms with van der Waals surface area (Å²) >= 11 is 0. The molecule has 2 nitrogen and oxygen atoms in total. The van der Waals surface area contributed by atoms with Crippen molar-refractivity contribution < 1.29 is 59.8 Å². The van der Waals surface area contributed by atoms with Gasteiger partial charge in [0.2, 0.25) is 0 Å². The number of rotatable bonds is 0. The van der Waals surface area contributed by atoms with E-state index < -0.39 is 10.7 Å². The van der Waals surface area contributed by atoms with Gasteiger partial charge in [0, 0.05) is 0 Å². The van der Waals surface area contributed by atoms with Gasteiger partial charge in [0.15, 0.2) is 0 Å². The third-order valence-corrected chi connectivity index (χ3v) is 0. The minimum atomic E-state index is -1.86. The maximum Gasteiger partial charge on any atom is 1.00 e. The van der Waals surface area contributed by atoms with Gasteiger partial charge in [-0.25, -0.2) is 0 Å². The molecule has 0 N–H and O–H groups in total. The molecule has 0 unspecified atom stereocenters. The zero-order chi connectivity index (χ0) is 3.58. The summed E-state index contributed by atoms with van der Waals surface area (Å²) in [7, 11) is -1.86. The van der Waals surface area contributed by atoms with Gasteiger partial charge < -0.3 is 8.42 Å². The Morgan fingerprint density at radius 3 is 1.40 bits per heavy atom. The van der Waals surface area contributed by atoms with Gasteiger partial charge in [0.25, 0.3) is 0 Å². The molecule has 0 aliphatic rings. The number of hydrogen-bond donors (Lipinski definition) is 0. The zero-order valence-corrected chi connectivity index (χ0v) is 7.16. The van der Waals surface area contributed by atoms with Crippen LogP contribution in [0.25, 0.3) is 0 Å². The van der Waals surface area contributed by atoms with Crippen LogP contribution in [-0.2, 0) is 19.1 Å². The van der Waals surface area contributed by atoms with Crippen molar-refractivity contribution in [2.75, 3.05) is 6.26 Å². The molecule has 0 aromatic rings. The molecule has 0 heterocycles. The number of hydrogen-bond acceptors (Lipinski definition) is 3. The van der Waals surface area contributed by atoms with E-state index in [0.29, 0.717) is 0 Å². The second-order valence-corrected chi connectivity index (χ2v) is 1.20. The molecule has 26 valence electrons. The summed E-state index contributed by atoms with van der Waals surface area (Å²) in [6, 6.07) is 0. The molecule has 0 amide bonds. The van der Waals surface area contributed by atoms with Gasteiger partial charge in [-0.15, -0.1) is 0 Å². The van der Waals surface area contributed by atoms with E-state index in [9.17, 15) is 0 Å². The molecule has 0 aliphatic heterocycles. The van der Waals surface area contributed by atoms with Crippen molar-refractivity contribution in [1.29, 1.82) is 0 Å². The fraction of sp³-hybridized carbons (Fsp3) is 1.00. The van der Waals surface area contributed by atoms with Crippen molar-refractivity contribution in [3.63, 3.8) is 0 Å². The molecule has 0 spiro atoms. The minimum absolute atomic E-state index is 0. The van der Waals surface area contributed by atoms with Crippen molar-refractivity contribution in [2.24, 2.45) is 0 Å². The Morgan fingerprint density at radius 1 is 1.40 bits per heavy atom. The second-order valence-electron chi connectivity index (χ2n) is 0.401. The van der Waals surface area contributed by atoms with Crippen LogP contribution < -0.4 is 51.4 Å². The monoisotopic (exact) mass is 118 g/mol. The Kier molecular flexibility index (Phi) is 10.9. The third-order valence-electron chi connectivity index (χ3n) is 0. The van der Waals surface area contributed by atoms with E-state index in [1.165, 1.54) is 0 Å². The first-order chi connectivity index (χ1) is 1.73. The van der Waals surface area contributed by atoms with E-state index in [1.54, 1.807) is 0 Å². The predicted octanol–water partition coefficient (Wildman–Crippen LogP) is -3.07. The van der Waals surface area contributed by atoms with E-state index in [-0.39, 0.29) is 51.4 Å². The fourth-order valence-corrected chi connectivity index (χ4v) is 0. The van der Waals surface area contributed by atoms with Crippen LogP contribution in [0.5, 0.6) is 0 Å². The van der Waals surface area contributed by atoms with Crippen molar-refractivity contribution in [1.82, 2.24) is 0 Å². The second kappa shape index (κ2) is 5.59. The van der Waals surface area contributed by atoms with Crippen molar-refractivity contribution in [2.45, 2.75) is 0 Å². The average Bonchev–Trinajstić information content (AvgIpc) is 0.811. The molecule has 0 atom stereocenters. The van der Waals surface area contributed by atoms with Gasteiger partial charge in [0.1, 0.15) is 0 Å². The van der Waals surface area contributed by atoms with Gasteiger partial charge in [-0.05, 0) is 0 Å². The third kappa shape index (κ3) is 28.6. The molecule has 0 bridgehead atoms. The van der Waals surface area contributed by atoms with Crippen LogP contribution in [0, 0.1) is 0 Å². The summed E-state index contributed by atoms with van der Waals surface area (Å²) in [6.45, 7) is 0. The Balaban J connectivity index is 0. The largest absolute Gasteiger partial charge is 1.00 e.